The molecule has 0 spiro atoms. The average Bonchev–Trinajstić information content (AvgIpc) is 3.15. The Bertz CT molecular complexity index is 973. The van der Waals surface area contributed by atoms with Gasteiger partial charge in [0.05, 0.1) is 40.3 Å². The van der Waals surface area contributed by atoms with Gasteiger partial charge >= 0.3 is 11.9 Å². The van der Waals surface area contributed by atoms with E-state index in [9.17, 15) is 19.5 Å². The number of quaternary nitrogens is 1. The number of nitrogens with zero attached hydrogens (tertiary/aromatic N) is 1. The van der Waals surface area contributed by atoms with Crippen molar-refractivity contribution in [2.45, 2.75) is 225 Å². The third-order valence-electron chi connectivity index (χ3n) is 10.6. The summed E-state index contributed by atoms with van der Waals surface area (Å²) >= 11 is 0. The number of hydrogen-bond acceptors (Lipinski definition) is 7. The Kier molecular flexibility index (Phi) is 38.1. The Morgan fingerprint density at radius 3 is 1.46 bits per heavy atom. The Balaban J connectivity index is 4.27. The van der Waals surface area contributed by atoms with Crippen molar-refractivity contribution < 1.29 is 38.2 Å². The van der Waals surface area contributed by atoms with E-state index in [1.54, 1.807) is 21.1 Å². The van der Waals surface area contributed by atoms with Crippen molar-refractivity contribution in [1.29, 1.82) is 0 Å². The number of allylic oxidation sites excluding steroid dienone is 4. The molecule has 8 nitrogen and oxygen atoms in total. The van der Waals surface area contributed by atoms with Gasteiger partial charge in [-0.25, -0.2) is 0 Å². The third-order valence-corrected chi connectivity index (χ3v) is 10.6. The fourth-order valence-electron chi connectivity index (χ4n) is 6.99. The molecule has 2 atom stereocenters. The largest absolute Gasteiger partial charge is 0.544 e. The summed E-state index contributed by atoms with van der Waals surface area (Å²) < 4.78 is 17.2. The maximum absolute atomic E-state index is 12.7. The van der Waals surface area contributed by atoms with Gasteiger partial charge in [0, 0.05) is 19.3 Å². The average molecular weight is 792 g/mol. The summed E-state index contributed by atoms with van der Waals surface area (Å²) in [6, 6.07) is -0.724. The molecule has 0 saturated heterocycles. The number of unbranched alkanes of at least 4 members (excludes halogenated alkanes) is 24. The minimum atomic E-state index is -1.12. The predicted molar refractivity (Wildman–Crippen MR) is 231 cm³/mol. The van der Waals surface area contributed by atoms with Crippen LogP contribution in [0.15, 0.2) is 24.3 Å². The number of hydrogen-bond donors (Lipinski definition) is 0. The fourth-order valence-corrected chi connectivity index (χ4v) is 6.99. The number of esters is 2. The second-order valence-corrected chi connectivity index (χ2v) is 17.0. The van der Waals surface area contributed by atoms with Crippen LogP contribution in [0.5, 0.6) is 0 Å². The van der Waals surface area contributed by atoms with Gasteiger partial charge in [0.2, 0.25) is 0 Å². The van der Waals surface area contributed by atoms with Crippen LogP contribution in [0.25, 0.3) is 0 Å². The van der Waals surface area contributed by atoms with Crippen LogP contribution in [0, 0.1) is 0 Å². The highest BCUT2D eigenvalue weighted by molar-refractivity contribution is 5.70. The molecule has 0 aromatic rings. The Morgan fingerprint density at radius 2 is 1.00 bits per heavy atom. The summed E-state index contributed by atoms with van der Waals surface area (Å²) in [5.41, 5.74) is 0. The highest BCUT2D eigenvalue weighted by atomic mass is 16.6. The van der Waals surface area contributed by atoms with E-state index in [2.05, 4.69) is 38.2 Å². The van der Waals surface area contributed by atoms with Gasteiger partial charge in [0.25, 0.3) is 0 Å². The molecule has 2 unspecified atom stereocenters. The smallest absolute Gasteiger partial charge is 0.306 e. The molecular formula is C48H89NO7. The standard InChI is InChI=1S/C48H89NO7/c1-6-8-10-12-14-16-18-20-22-23-24-25-27-29-31-33-35-37-39-47(51)56-44(42-54-41-40-45(48(52)53)49(3,4)5)43-55-46(50)38-36-34-32-30-28-26-21-19-17-15-13-11-9-7-2/h9,11,15,17,44-45H,6-8,10,12-14,16,18-43H2,1-5H3/b11-9+,17-15+. The molecular weight excluding hydrogens is 703 g/mol. The second kappa shape index (κ2) is 39.6. The number of carboxylic acids is 1. The molecule has 0 aromatic carbocycles. The van der Waals surface area contributed by atoms with Gasteiger partial charge in [-0.1, -0.05) is 179 Å². The number of carbonyl (C=O) groups excluding carboxylic acids is 3. The molecule has 0 fully saturated rings. The molecule has 0 heterocycles. The highest BCUT2D eigenvalue weighted by Crippen LogP contribution is 2.16. The van der Waals surface area contributed by atoms with Crippen molar-refractivity contribution in [3.63, 3.8) is 0 Å². The lowest BCUT2D eigenvalue weighted by Gasteiger charge is -2.34. The molecule has 0 bridgehead atoms. The summed E-state index contributed by atoms with van der Waals surface area (Å²) in [5, 5.41) is 11.6. The summed E-state index contributed by atoms with van der Waals surface area (Å²) in [7, 11) is 5.41. The number of rotatable bonds is 42. The minimum Gasteiger partial charge on any atom is -0.544 e. The number of ether oxygens (including phenoxy) is 3. The van der Waals surface area contributed by atoms with Gasteiger partial charge in [-0.15, -0.1) is 0 Å². The molecule has 0 aliphatic carbocycles. The summed E-state index contributed by atoms with van der Waals surface area (Å²) in [4.78, 5) is 36.9. The molecule has 0 N–H and O–H groups in total. The predicted octanol–water partition coefficient (Wildman–Crippen LogP) is 11.5. The van der Waals surface area contributed by atoms with Gasteiger partial charge < -0.3 is 28.6 Å². The molecule has 8 heteroatoms. The number of aliphatic carboxylic acids is 1. The molecule has 0 aliphatic heterocycles. The first kappa shape index (κ1) is 53.8. The van der Waals surface area contributed by atoms with Crippen molar-refractivity contribution >= 4 is 17.9 Å². The van der Waals surface area contributed by atoms with Crippen molar-refractivity contribution in [2.24, 2.45) is 0 Å². The minimum absolute atomic E-state index is 0.0424. The molecule has 0 radical (unpaired) electrons. The van der Waals surface area contributed by atoms with Crippen LogP contribution in [-0.2, 0) is 28.6 Å². The Labute approximate surface area is 345 Å². The van der Waals surface area contributed by atoms with Crippen molar-refractivity contribution in [3.05, 3.63) is 24.3 Å². The first-order valence-electron chi connectivity index (χ1n) is 23.4. The van der Waals surface area contributed by atoms with Crippen molar-refractivity contribution in [1.82, 2.24) is 0 Å². The fraction of sp³-hybridized carbons (Fsp3) is 0.854. The SMILES string of the molecule is CC/C=C/C/C=C/CCCCCCCCCC(=O)OCC(COCCC(C(=O)[O-])[N+](C)(C)C)OC(=O)CCCCCCCCCCCCCCCCCCCC. The quantitative estimate of drug-likeness (QED) is 0.0262. The first-order chi connectivity index (χ1) is 27.1. The molecule has 56 heavy (non-hydrogen) atoms. The molecule has 0 rings (SSSR count). The number of carbonyl (C=O) groups is 3. The van der Waals surface area contributed by atoms with E-state index in [-0.39, 0.29) is 42.7 Å². The van der Waals surface area contributed by atoms with Crippen LogP contribution in [0.1, 0.15) is 213 Å². The zero-order chi connectivity index (χ0) is 41.4. The highest BCUT2D eigenvalue weighted by Gasteiger charge is 2.25. The summed E-state index contributed by atoms with van der Waals surface area (Å²) in [6.07, 6.45) is 43.4. The van der Waals surface area contributed by atoms with E-state index in [1.165, 1.54) is 122 Å². The molecule has 0 saturated carbocycles. The van der Waals surface area contributed by atoms with Gasteiger partial charge in [-0.2, -0.15) is 0 Å². The Morgan fingerprint density at radius 1 is 0.554 bits per heavy atom. The second-order valence-electron chi connectivity index (χ2n) is 17.0. The van der Waals surface area contributed by atoms with Crippen LogP contribution in [0.2, 0.25) is 0 Å². The van der Waals surface area contributed by atoms with Crippen LogP contribution in [-0.4, -0.2) is 75.5 Å². The summed E-state index contributed by atoms with van der Waals surface area (Å²) in [5.74, 6) is -1.73. The van der Waals surface area contributed by atoms with Crippen molar-refractivity contribution in [3.8, 4) is 0 Å². The van der Waals surface area contributed by atoms with Gasteiger partial charge in [0.1, 0.15) is 12.6 Å². The lowest BCUT2D eigenvalue weighted by Crippen LogP contribution is -2.55. The van der Waals surface area contributed by atoms with Crippen LogP contribution in [0.4, 0.5) is 0 Å². The van der Waals surface area contributed by atoms with E-state index in [0.29, 0.717) is 12.8 Å². The summed E-state index contributed by atoms with van der Waals surface area (Å²) in [6.45, 7) is 4.58. The monoisotopic (exact) mass is 792 g/mol. The molecule has 0 aliphatic rings. The van der Waals surface area contributed by atoms with E-state index in [0.717, 1.165) is 57.8 Å². The third kappa shape index (κ3) is 37.4. The van der Waals surface area contributed by atoms with Crippen LogP contribution < -0.4 is 5.11 Å². The first-order valence-corrected chi connectivity index (χ1v) is 23.4. The molecule has 0 amide bonds. The van der Waals surface area contributed by atoms with Gasteiger partial charge in [-0.3, -0.25) is 9.59 Å². The van der Waals surface area contributed by atoms with E-state index in [1.807, 2.05) is 0 Å². The van der Waals surface area contributed by atoms with E-state index < -0.39 is 18.1 Å². The normalized spacial score (nSPS) is 13.1. The lowest BCUT2D eigenvalue weighted by molar-refractivity contribution is -0.889. The van der Waals surface area contributed by atoms with Crippen LogP contribution in [0.3, 0.4) is 0 Å². The molecule has 328 valence electrons. The zero-order valence-corrected chi connectivity index (χ0v) is 37.3. The van der Waals surface area contributed by atoms with Crippen molar-refractivity contribution in [2.75, 3.05) is 41.0 Å². The van der Waals surface area contributed by atoms with Gasteiger partial charge in [0.15, 0.2) is 6.10 Å². The maximum Gasteiger partial charge on any atom is 0.306 e. The Hall–Kier alpha value is -2.19. The maximum atomic E-state index is 12.7. The van der Waals surface area contributed by atoms with E-state index in [4.69, 9.17) is 14.2 Å². The number of carboxylic acid groups (broad SMARTS) is 1. The molecule has 0 aromatic heterocycles. The topological polar surface area (TPSA) is 102 Å². The lowest BCUT2D eigenvalue weighted by atomic mass is 10.0. The van der Waals surface area contributed by atoms with Gasteiger partial charge in [-0.05, 0) is 38.5 Å². The van der Waals surface area contributed by atoms with Crippen LogP contribution >= 0.6 is 0 Å². The zero-order valence-electron chi connectivity index (χ0n) is 37.3. The number of likely N-dealkylation sites (N-methyl/N-ethyl adjacent to an activating group) is 1. The van der Waals surface area contributed by atoms with E-state index >= 15 is 0 Å².